The minimum absolute atomic E-state index is 0.0112. The summed E-state index contributed by atoms with van der Waals surface area (Å²) in [5, 5.41) is 37.0. The Balaban J connectivity index is 1.89. The van der Waals surface area contributed by atoms with Gasteiger partial charge in [-0.2, -0.15) is 0 Å². The van der Waals surface area contributed by atoms with Crippen molar-refractivity contribution in [2.45, 2.75) is 148 Å². The number of guanidine groups is 1. The van der Waals surface area contributed by atoms with Crippen LogP contribution in [-0.4, -0.2) is 141 Å². The molecule has 68 heavy (non-hydrogen) atoms. The van der Waals surface area contributed by atoms with Crippen LogP contribution in [0.25, 0.3) is 0 Å². The number of phenolic OH excluding ortho intramolecular Hbond substituents is 1. The fourth-order valence-electron chi connectivity index (χ4n) is 7.95. The van der Waals surface area contributed by atoms with E-state index >= 15 is 0 Å². The molecule has 0 aliphatic carbocycles. The molecule has 1 saturated heterocycles. The van der Waals surface area contributed by atoms with Crippen molar-refractivity contribution >= 4 is 47.4 Å². The van der Waals surface area contributed by atoms with Crippen LogP contribution >= 0.6 is 0 Å². The number of aromatic amines is 1. The molecule has 1 aliphatic rings. The number of nitrogens with two attached hydrogens (primary N) is 3. The molecule has 0 spiro atoms. The van der Waals surface area contributed by atoms with Crippen LogP contribution in [0, 0.1) is 11.3 Å². The van der Waals surface area contributed by atoms with Crippen LogP contribution in [0.1, 0.15) is 104 Å². The lowest BCUT2D eigenvalue weighted by Crippen LogP contribution is -2.61. The number of nitrogens with one attached hydrogen (secondary N) is 7. The van der Waals surface area contributed by atoms with Gasteiger partial charge in [0.1, 0.15) is 36.0 Å². The van der Waals surface area contributed by atoms with Crippen molar-refractivity contribution in [1.82, 2.24) is 46.8 Å². The number of likely N-dealkylation sites (tertiary alicyclic amines) is 1. The van der Waals surface area contributed by atoms with E-state index in [1.807, 2.05) is 13.8 Å². The van der Waals surface area contributed by atoms with E-state index < -0.39 is 89.1 Å². The second-order valence-corrected chi connectivity index (χ2v) is 18.9. The number of aromatic nitrogens is 2. The number of H-pyrrole nitrogens is 1. The molecule has 6 amide bonds. The van der Waals surface area contributed by atoms with Crippen LogP contribution in [0.15, 0.2) is 41.8 Å². The lowest BCUT2D eigenvalue weighted by atomic mass is 9.85. The predicted octanol–water partition coefficient (Wildman–Crippen LogP) is -0.347. The summed E-state index contributed by atoms with van der Waals surface area (Å²) in [5.41, 5.74) is 17.3. The summed E-state index contributed by atoms with van der Waals surface area (Å²) in [6, 6.07) is -0.896. The van der Waals surface area contributed by atoms with E-state index in [0.717, 1.165) is 0 Å². The number of rotatable bonds is 28. The lowest BCUT2D eigenvalue weighted by Gasteiger charge is -2.33. The van der Waals surface area contributed by atoms with Gasteiger partial charge in [-0.3, -0.25) is 33.8 Å². The Kier molecular flexibility index (Phi) is 22.7. The number of unbranched alkanes of at least 4 members (excludes halogenated alkanes) is 1. The molecule has 2 heterocycles. The smallest absolute Gasteiger partial charge is 0.326 e. The molecule has 22 nitrogen and oxygen atoms in total. The van der Waals surface area contributed by atoms with Crippen molar-refractivity contribution in [3.8, 4) is 5.75 Å². The Morgan fingerprint density at radius 1 is 0.868 bits per heavy atom. The highest BCUT2D eigenvalue weighted by Crippen LogP contribution is 2.23. The van der Waals surface area contributed by atoms with E-state index in [1.165, 1.54) is 30.3 Å². The van der Waals surface area contributed by atoms with Gasteiger partial charge >= 0.3 is 5.97 Å². The average molecular weight is 954 g/mol. The molecule has 22 heteroatoms. The zero-order valence-corrected chi connectivity index (χ0v) is 40.3. The second-order valence-electron chi connectivity index (χ2n) is 18.9. The third-order valence-corrected chi connectivity index (χ3v) is 11.5. The van der Waals surface area contributed by atoms with Crippen molar-refractivity contribution in [2.75, 3.05) is 26.2 Å². The van der Waals surface area contributed by atoms with Crippen molar-refractivity contribution in [3.63, 3.8) is 0 Å². The number of hydrogen-bond acceptors (Lipinski definition) is 12. The molecular formula is C46H75N13O9. The first-order valence-electron chi connectivity index (χ1n) is 23.3. The van der Waals surface area contributed by atoms with Crippen LogP contribution in [0.3, 0.4) is 0 Å². The van der Waals surface area contributed by atoms with Crippen LogP contribution in [0.5, 0.6) is 5.75 Å². The van der Waals surface area contributed by atoms with Crippen molar-refractivity contribution in [1.29, 1.82) is 0 Å². The molecule has 1 aromatic carbocycles. The number of phenols is 1. The molecule has 0 unspecified atom stereocenters. The number of carboxylic acids is 1. The number of benzene rings is 1. The number of amides is 6. The van der Waals surface area contributed by atoms with Crippen molar-refractivity contribution in [2.24, 2.45) is 33.5 Å². The van der Waals surface area contributed by atoms with Crippen LogP contribution in [-0.2, 0) is 46.4 Å². The Morgan fingerprint density at radius 2 is 1.54 bits per heavy atom. The van der Waals surface area contributed by atoms with Crippen LogP contribution in [0.4, 0.5) is 0 Å². The maximum atomic E-state index is 14.6. The van der Waals surface area contributed by atoms with Crippen molar-refractivity contribution < 1.29 is 43.8 Å². The van der Waals surface area contributed by atoms with E-state index in [9.17, 15) is 43.8 Å². The summed E-state index contributed by atoms with van der Waals surface area (Å²) in [7, 11) is 0. The van der Waals surface area contributed by atoms with E-state index in [-0.39, 0.29) is 69.4 Å². The quantitative estimate of drug-likeness (QED) is 0.0295. The average Bonchev–Trinajstić information content (AvgIpc) is 3.97. The first kappa shape index (κ1) is 56.0. The highest BCUT2D eigenvalue weighted by molar-refractivity contribution is 5.96. The highest BCUT2D eigenvalue weighted by Gasteiger charge is 2.41. The normalized spacial score (nSPS) is 16.4. The summed E-state index contributed by atoms with van der Waals surface area (Å²) in [6.07, 6.45) is 6.54. The van der Waals surface area contributed by atoms with E-state index in [1.54, 1.807) is 39.1 Å². The SMILES string of the molecule is CC(=O)N[C@@H](Cc1cnc[nH]1)C(=O)N[C@@H](CCCCN)CN[C@@H](CCCN=C(N)N)C(=O)N1CCC[C@H]1C(=O)N[C@@H](Cc1ccc(O)cc1)C(=O)N[C@H](C(=O)N[C@@H](CC(C)C)C(=O)O)C(C)(C)C. The summed E-state index contributed by atoms with van der Waals surface area (Å²) >= 11 is 0. The number of aromatic hydroxyl groups is 1. The monoisotopic (exact) mass is 954 g/mol. The molecule has 15 N–H and O–H groups in total. The maximum Gasteiger partial charge on any atom is 0.326 e. The van der Waals surface area contributed by atoms with Gasteiger partial charge in [-0.25, -0.2) is 9.78 Å². The number of aliphatic carboxylic acids is 1. The number of carbonyl (C=O) groups is 7. The van der Waals surface area contributed by atoms with E-state index in [2.05, 4.69) is 46.9 Å². The molecule has 0 bridgehead atoms. The Hall–Kier alpha value is -6.29. The Labute approximate surface area is 398 Å². The molecule has 0 saturated carbocycles. The first-order chi connectivity index (χ1) is 32.1. The fourth-order valence-corrected chi connectivity index (χ4v) is 7.95. The van der Waals surface area contributed by atoms with Crippen LogP contribution < -0.4 is 49.1 Å². The highest BCUT2D eigenvalue weighted by atomic mass is 16.4. The third kappa shape index (κ3) is 19.1. The van der Waals surface area contributed by atoms with Gasteiger partial charge in [-0.1, -0.05) is 53.2 Å². The van der Waals surface area contributed by atoms with Gasteiger partial charge < -0.3 is 69.2 Å². The van der Waals surface area contributed by atoms with E-state index in [0.29, 0.717) is 49.9 Å². The number of imidazole rings is 1. The van der Waals surface area contributed by atoms with Gasteiger partial charge in [0.05, 0.1) is 12.4 Å². The number of carboxylic acid groups (broad SMARTS) is 1. The van der Waals surface area contributed by atoms with Gasteiger partial charge in [0.25, 0.3) is 0 Å². The molecule has 3 rings (SSSR count). The van der Waals surface area contributed by atoms with E-state index in [4.69, 9.17) is 17.2 Å². The van der Waals surface area contributed by atoms with Gasteiger partial charge in [0.2, 0.25) is 35.4 Å². The first-order valence-corrected chi connectivity index (χ1v) is 23.3. The zero-order valence-electron chi connectivity index (χ0n) is 40.3. The molecular weight excluding hydrogens is 879 g/mol. The summed E-state index contributed by atoms with van der Waals surface area (Å²) in [4.78, 5) is 107. The molecule has 1 fully saturated rings. The summed E-state index contributed by atoms with van der Waals surface area (Å²) < 4.78 is 0. The number of carbonyl (C=O) groups excluding carboxylic acids is 6. The molecule has 378 valence electrons. The summed E-state index contributed by atoms with van der Waals surface area (Å²) in [6.45, 7) is 11.1. The van der Waals surface area contributed by atoms with Gasteiger partial charge in [0, 0.05) is 57.3 Å². The maximum absolute atomic E-state index is 14.6. The predicted molar refractivity (Wildman–Crippen MR) is 255 cm³/mol. The topological polar surface area (TPSA) is 354 Å². The Morgan fingerprint density at radius 3 is 2.13 bits per heavy atom. The molecule has 1 aromatic heterocycles. The number of nitrogens with zero attached hydrogens (tertiary/aromatic N) is 3. The fraction of sp³-hybridized carbons (Fsp3) is 0.630. The van der Waals surface area contributed by atoms with Crippen molar-refractivity contribution in [3.05, 3.63) is 48.0 Å². The standard InChI is InChI=1S/C46H75N13O9/c1-27(2)21-36(44(67)68)57-42(65)38(46(4,5)6)58-40(63)34(22-29-14-16-32(61)17-15-29)56-41(64)37-13-10-20-59(37)43(66)33(12-9-19-51-45(48)49)52-25-30(11-7-8-18-47)55-39(62)35(54-28(3)60)23-31-24-50-26-53-31/h14-17,24,26-27,30,33-38,52,61H,7-13,18-23,25,47H2,1-6H3,(H,50,53)(H,54,60)(H,55,62)(H,56,64)(H,57,65)(H,58,63)(H,67,68)(H4,48,49,51)/t30-,33-,34-,35-,36-,37-,38+/m0/s1. The number of aliphatic imine (C=N–C) groups is 1. The van der Waals surface area contributed by atoms with Gasteiger partial charge in [-0.05, 0) is 80.5 Å². The molecule has 7 atom stereocenters. The zero-order chi connectivity index (χ0) is 50.6. The van der Waals surface area contributed by atoms with Crippen LogP contribution in [0.2, 0.25) is 0 Å². The second kappa shape index (κ2) is 27.5. The minimum atomic E-state index is -1.27. The Bertz CT molecular complexity index is 1990. The summed E-state index contributed by atoms with van der Waals surface area (Å²) in [5.74, 6) is -4.65. The van der Waals surface area contributed by atoms with Gasteiger partial charge in [-0.15, -0.1) is 0 Å². The lowest BCUT2D eigenvalue weighted by molar-refractivity contribution is -0.143. The number of hydrogen-bond donors (Lipinski definition) is 12. The molecule has 0 radical (unpaired) electrons. The largest absolute Gasteiger partial charge is 0.508 e. The molecule has 2 aromatic rings. The minimum Gasteiger partial charge on any atom is -0.508 e. The third-order valence-electron chi connectivity index (χ3n) is 11.5. The molecule has 1 aliphatic heterocycles. The van der Waals surface area contributed by atoms with Gasteiger partial charge in [0.15, 0.2) is 5.96 Å².